The van der Waals surface area contributed by atoms with Gasteiger partial charge in [0.05, 0.1) is 6.33 Å². The van der Waals surface area contributed by atoms with Gasteiger partial charge in [0, 0.05) is 30.9 Å². The third-order valence-electron chi connectivity index (χ3n) is 2.75. The second-order valence-electron chi connectivity index (χ2n) is 3.79. The molecule has 0 aromatic carbocycles. The Labute approximate surface area is 72.6 Å². The summed E-state index contributed by atoms with van der Waals surface area (Å²) in [5, 5.41) is 0. The fourth-order valence-corrected chi connectivity index (χ4v) is 1.86. The van der Waals surface area contributed by atoms with E-state index in [-0.39, 0.29) is 0 Å². The fraction of sp³-hybridized carbons (Fsp3) is 0.667. The molecule has 1 aliphatic carbocycles. The second-order valence-corrected chi connectivity index (χ2v) is 3.79. The first kappa shape index (κ1) is 7.80. The molecular weight excluding hydrogens is 150 g/mol. The maximum atomic E-state index is 5.81. The van der Waals surface area contributed by atoms with Crippen molar-refractivity contribution < 1.29 is 0 Å². The minimum atomic E-state index is 0.324. The van der Waals surface area contributed by atoms with Crippen LogP contribution in [0.2, 0.25) is 0 Å². The molecule has 2 N–H and O–H groups in total. The van der Waals surface area contributed by atoms with Crippen molar-refractivity contribution in [3.63, 3.8) is 0 Å². The van der Waals surface area contributed by atoms with Crippen molar-refractivity contribution in [1.82, 2.24) is 9.55 Å². The third kappa shape index (κ3) is 1.14. The number of nitrogens with two attached hydrogens (primary N) is 1. The SMILES string of the molecule is CC(N)C1CC1c1cncn1C. The first-order valence-corrected chi connectivity index (χ1v) is 4.42. The zero-order valence-electron chi connectivity index (χ0n) is 7.57. The summed E-state index contributed by atoms with van der Waals surface area (Å²) in [6, 6.07) is 0.324. The van der Waals surface area contributed by atoms with E-state index in [0.29, 0.717) is 17.9 Å². The van der Waals surface area contributed by atoms with Gasteiger partial charge >= 0.3 is 0 Å². The standard InChI is InChI=1S/C9H15N3/c1-6(10)7-3-8(7)9-4-11-5-12(9)2/h4-8H,3,10H2,1-2H3. The molecule has 1 aromatic heterocycles. The normalized spacial score (nSPS) is 30.2. The van der Waals surface area contributed by atoms with E-state index in [9.17, 15) is 0 Å². The van der Waals surface area contributed by atoms with Crippen molar-refractivity contribution in [3.05, 3.63) is 18.2 Å². The average molecular weight is 165 g/mol. The van der Waals surface area contributed by atoms with E-state index in [1.807, 2.05) is 19.6 Å². The number of aromatic nitrogens is 2. The van der Waals surface area contributed by atoms with Crippen molar-refractivity contribution in [3.8, 4) is 0 Å². The maximum Gasteiger partial charge on any atom is 0.0945 e. The van der Waals surface area contributed by atoms with Crippen LogP contribution in [-0.2, 0) is 7.05 Å². The zero-order chi connectivity index (χ0) is 8.72. The van der Waals surface area contributed by atoms with Gasteiger partial charge in [-0.05, 0) is 19.3 Å². The van der Waals surface area contributed by atoms with E-state index < -0.39 is 0 Å². The van der Waals surface area contributed by atoms with Gasteiger partial charge in [-0.25, -0.2) is 4.98 Å². The van der Waals surface area contributed by atoms with Crippen molar-refractivity contribution >= 4 is 0 Å². The molecule has 3 nitrogen and oxygen atoms in total. The van der Waals surface area contributed by atoms with Gasteiger partial charge in [-0.15, -0.1) is 0 Å². The highest BCUT2D eigenvalue weighted by molar-refractivity contribution is 5.17. The minimum Gasteiger partial charge on any atom is -0.337 e. The van der Waals surface area contributed by atoms with Crippen LogP contribution in [-0.4, -0.2) is 15.6 Å². The summed E-state index contributed by atoms with van der Waals surface area (Å²) in [4.78, 5) is 4.10. The quantitative estimate of drug-likeness (QED) is 0.706. The Hall–Kier alpha value is -0.830. The van der Waals surface area contributed by atoms with Crippen molar-refractivity contribution in [2.75, 3.05) is 0 Å². The summed E-state index contributed by atoms with van der Waals surface area (Å²) >= 11 is 0. The maximum absolute atomic E-state index is 5.81. The molecule has 3 atom stereocenters. The molecule has 3 unspecified atom stereocenters. The molecule has 12 heavy (non-hydrogen) atoms. The van der Waals surface area contributed by atoms with Gasteiger partial charge in [0.2, 0.25) is 0 Å². The monoisotopic (exact) mass is 165 g/mol. The number of rotatable bonds is 2. The lowest BCUT2D eigenvalue weighted by atomic mass is 10.1. The third-order valence-corrected chi connectivity index (χ3v) is 2.75. The Morgan fingerprint density at radius 3 is 2.92 bits per heavy atom. The van der Waals surface area contributed by atoms with Crippen LogP contribution in [0.25, 0.3) is 0 Å². The van der Waals surface area contributed by atoms with Gasteiger partial charge in [-0.3, -0.25) is 0 Å². The predicted molar refractivity (Wildman–Crippen MR) is 47.7 cm³/mol. The van der Waals surface area contributed by atoms with E-state index in [4.69, 9.17) is 5.73 Å². The van der Waals surface area contributed by atoms with Gasteiger partial charge in [0.15, 0.2) is 0 Å². The van der Waals surface area contributed by atoms with Crippen LogP contribution in [0.15, 0.2) is 12.5 Å². The highest BCUT2D eigenvalue weighted by Gasteiger charge is 2.42. The summed E-state index contributed by atoms with van der Waals surface area (Å²) < 4.78 is 2.09. The van der Waals surface area contributed by atoms with E-state index in [1.165, 1.54) is 12.1 Å². The minimum absolute atomic E-state index is 0.324. The molecular formula is C9H15N3. The molecule has 2 rings (SSSR count). The van der Waals surface area contributed by atoms with Gasteiger partial charge in [-0.1, -0.05) is 0 Å². The van der Waals surface area contributed by atoms with E-state index in [1.54, 1.807) is 0 Å². The first-order chi connectivity index (χ1) is 5.70. The Kier molecular flexibility index (Phi) is 1.68. The fourth-order valence-electron chi connectivity index (χ4n) is 1.86. The van der Waals surface area contributed by atoms with Gasteiger partial charge < -0.3 is 10.3 Å². The van der Waals surface area contributed by atoms with Crippen molar-refractivity contribution in [2.24, 2.45) is 18.7 Å². The highest BCUT2D eigenvalue weighted by Crippen LogP contribution is 2.48. The Morgan fingerprint density at radius 2 is 2.50 bits per heavy atom. The molecule has 3 heteroatoms. The van der Waals surface area contributed by atoms with Crippen LogP contribution in [0.1, 0.15) is 25.0 Å². The van der Waals surface area contributed by atoms with Gasteiger partial charge in [-0.2, -0.15) is 0 Å². The Bertz CT molecular complexity index is 277. The second kappa shape index (κ2) is 2.59. The Balaban J connectivity index is 2.10. The summed E-state index contributed by atoms with van der Waals surface area (Å²) in [6.45, 7) is 2.08. The molecule has 0 amide bonds. The lowest BCUT2D eigenvalue weighted by Gasteiger charge is -2.03. The average Bonchev–Trinajstić information content (AvgIpc) is 2.70. The number of hydrogen-bond acceptors (Lipinski definition) is 2. The molecule has 0 spiro atoms. The summed E-state index contributed by atoms with van der Waals surface area (Å²) in [7, 11) is 2.04. The van der Waals surface area contributed by atoms with Crippen LogP contribution in [0.3, 0.4) is 0 Å². The summed E-state index contributed by atoms with van der Waals surface area (Å²) in [6.07, 6.45) is 5.04. The van der Waals surface area contributed by atoms with Crippen LogP contribution in [0.4, 0.5) is 0 Å². The molecule has 0 bridgehead atoms. The molecule has 0 aliphatic heterocycles. The largest absolute Gasteiger partial charge is 0.337 e. The van der Waals surface area contributed by atoms with E-state index >= 15 is 0 Å². The van der Waals surface area contributed by atoms with Crippen molar-refractivity contribution in [1.29, 1.82) is 0 Å². The van der Waals surface area contributed by atoms with Crippen LogP contribution < -0.4 is 5.73 Å². The molecule has 0 saturated heterocycles. The smallest absolute Gasteiger partial charge is 0.0945 e. The number of hydrogen-bond donors (Lipinski definition) is 1. The summed E-state index contributed by atoms with van der Waals surface area (Å²) in [5.41, 5.74) is 7.15. The zero-order valence-corrected chi connectivity index (χ0v) is 7.57. The van der Waals surface area contributed by atoms with Gasteiger partial charge in [0.25, 0.3) is 0 Å². The van der Waals surface area contributed by atoms with Crippen molar-refractivity contribution in [2.45, 2.75) is 25.3 Å². The van der Waals surface area contributed by atoms with E-state index in [0.717, 1.165) is 0 Å². The lowest BCUT2D eigenvalue weighted by Crippen LogP contribution is -2.18. The molecule has 0 radical (unpaired) electrons. The van der Waals surface area contributed by atoms with Crippen LogP contribution >= 0.6 is 0 Å². The summed E-state index contributed by atoms with van der Waals surface area (Å²) in [5.74, 6) is 1.35. The van der Waals surface area contributed by atoms with Crippen LogP contribution in [0.5, 0.6) is 0 Å². The van der Waals surface area contributed by atoms with E-state index in [2.05, 4.69) is 16.5 Å². The lowest BCUT2D eigenvalue weighted by molar-refractivity contribution is 0.621. The molecule has 1 aliphatic rings. The molecule has 1 heterocycles. The number of aryl methyl sites for hydroxylation is 1. The predicted octanol–water partition coefficient (Wildman–Crippen LogP) is 0.871. The number of nitrogens with zero attached hydrogens (tertiary/aromatic N) is 2. The highest BCUT2D eigenvalue weighted by atomic mass is 15.0. The molecule has 1 aromatic rings. The first-order valence-electron chi connectivity index (χ1n) is 4.42. The van der Waals surface area contributed by atoms with Crippen LogP contribution in [0, 0.1) is 5.92 Å². The molecule has 66 valence electrons. The molecule has 1 saturated carbocycles. The van der Waals surface area contributed by atoms with Gasteiger partial charge in [0.1, 0.15) is 0 Å². The molecule has 1 fully saturated rings. The topological polar surface area (TPSA) is 43.8 Å². The Morgan fingerprint density at radius 1 is 1.75 bits per heavy atom. The number of imidazole rings is 1.